The maximum absolute atomic E-state index is 12.2. The summed E-state index contributed by atoms with van der Waals surface area (Å²) >= 11 is 1.82. The van der Waals surface area contributed by atoms with E-state index in [0.717, 1.165) is 59.3 Å². The fourth-order valence-electron chi connectivity index (χ4n) is 6.27. The number of benzene rings is 2. The average molecular weight is 686 g/mol. The van der Waals surface area contributed by atoms with Crippen molar-refractivity contribution in [2.45, 2.75) is 155 Å². The van der Waals surface area contributed by atoms with E-state index in [2.05, 4.69) is 52.0 Å². The molecule has 0 N–H and O–H groups in total. The molecule has 0 saturated carbocycles. The topological polar surface area (TPSA) is 59.4 Å². The van der Waals surface area contributed by atoms with Crippen LogP contribution in [0.1, 0.15) is 154 Å². The minimum absolute atomic E-state index is 0.174. The summed E-state index contributed by atoms with van der Waals surface area (Å²) in [6.45, 7) is 12.1. The van der Waals surface area contributed by atoms with E-state index in [1.54, 1.807) is 13.8 Å². The van der Waals surface area contributed by atoms with Gasteiger partial charge in [-0.2, -0.15) is 0 Å². The Balaban J connectivity index is 0.00000142. The van der Waals surface area contributed by atoms with Gasteiger partial charge in [-0.1, -0.05) is 102 Å². The summed E-state index contributed by atoms with van der Waals surface area (Å²) < 4.78 is 1.46. The molecular weight excluding hydrogens is 623 g/mol. The summed E-state index contributed by atoms with van der Waals surface area (Å²) in [6.07, 6.45) is 16.1. The van der Waals surface area contributed by atoms with Crippen molar-refractivity contribution in [2.75, 3.05) is 0 Å². The second-order valence-electron chi connectivity index (χ2n) is 12.6. The molecule has 0 bridgehead atoms. The van der Waals surface area contributed by atoms with Gasteiger partial charge in [-0.3, -0.25) is 0 Å². The van der Waals surface area contributed by atoms with Gasteiger partial charge in [-0.05, 0) is 75.6 Å². The predicted molar refractivity (Wildman–Crippen MR) is 196 cm³/mol. The number of allylic oxidation sites excluding steroid dienone is 2. The molecule has 5 heteroatoms. The van der Waals surface area contributed by atoms with Crippen LogP contribution in [0.25, 0.3) is 16.9 Å². The van der Waals surface area contributed by atoms with Crippen molar-refractivity contribution in [3.05, 3.63) is 87.5 Å². The van der Waals surface area contributed by atoms with Crippen LogP contribution in [0.3, 0.4) is 0 Å². The van der Waals surface area contributed by atoms with Gasteiger partial charge in [-0.15, -0.1) is 0 Å². The van der Waals surface area contributed by atoms with Crippen molar-refractivity contribution >= 4 is 23.0 Å². The number of unbranched alkanes of at least 4 members (excludes halogenated alkanes) is 8. The van der Waals surface area contributed by atoms with Crippen LogP contribution >= 0.6 is 0 Å². The molecule has 1 aliphatic heterocycles. The zero-order valence-electron chi connectivity index (χ0n) is 30.4. The van der Waals surface area contributed by atoms with E-state index in [1.165, 1.54) is 78.0 Å². The Morgan fingerprint density at radius 1 is 0.574 bits per heavy atom. The monoisotopic (exact) mass is 684 g/mol. The van der Waals surface area contributed by atoms with Crippen LogP contribution in [0.5, 0.6) is 0 Å². The van der Waals surface area contributed by atoms with Gasteiger partial charge in [0.25, 0.3) is 0 Å². The zero-order valence-corrected chi connectivity index (χ0v) is 31.4. The second kappa shape index (κ2) is 23.6. The summed E-state index contributed by atoms with van der Waals surface area (Å²) in [5, 5.41) is 2.56. The van der Waals surface area contributed by atoms with Crippen LogP contribution in [-0.4, -0.2) is 16.3 Å². The van der Waals surface area contributed by atoms with Gasteiger partial charge >= 0.3 is 39.1 Å². The number of rotatable bonds is 22. The summed E-state index contributed by atoms with van der Waals surface area (Å²) in [5.74, 6) is 0.348. The average Bonchev–Trinajstić information content (AvgIpc) is 3.33. The molecule has 3 rings (SSSR count). The molecule has 2 aromatic carbocycles. The van der Waals surface area contributed by atoms with Gasteiger partial charge < -0.3 is 15.1 Å². The molecule has 0 amide bonds. The van der Waals surface area contributed by atoms with Crippen LogP contribution < -0.4 is 0 Å². The molecule has 0 aliphatic carbocycles. The van der Waals surface area contributed by atoms with E-state index in [1.807, 2.05) is 38.7 Å². The van der Waals surface area contributed by atoms with E-state index in [0.29, 0.717) is 25.7 Å². The molecule has 0 saturated heterocycles. The third-order valence-electron chi connectivity index (χ3n) is 8.77. The quantitative estimate of drug-likeness (QED) is 0.0704. The van der Waals surface area contributed by atoms with E-state index >= 15 is 0 Å². The van der Waals surface area contributed by atoms with Crippen LogP contribution in [0.4, 0.5) is 0 Å². The molecule has 0 unspecified atom stereocenters. The Morgan fingerprint density at radius 2 is 0.957 bits per heavy atom. The van der Waals surface area contributed by atoms with E-state index < -0.39 is 0 Å². The molecule has 1 aliphatic rings. The first-order chi connectivity index (χ1) is 22.8. The molecule has 262 valence electrons. The molecule has 0 fully saturated rings. The molecule has 2 aromatic rings. The van der Waals surface area contributed by atoms with Crippen molar-refractivity contribution < 1.29 is 28.7 Å². The van der Waals surface area contributed by atoms with Gasteiger partial charge in [0.15, 0.2) is 0 Å². The van der Waals surface area contributed by atoms with E-state index in [-0.39, 0.29) is 11.6 Å². The molecule has 0 atom stereocenters. The fourth-order valence-corrected chi connectivity index (χ4v) is 6.77. The number of Topliss-reactive ketones (excluding diaryl/α,β-unsaturated/α-hetero) is 2. The Hall–Kier alpha value is -2.65. The van der Waals surface area contributed by atoms with E-state index in [9.17, 15) is 15.1 Å². The number of hydrogen-bond acceptors (Lipinski definition) is 2. The molecule has 1 heterocycles. The number of ketones is 2. The fraction of sp³-hybridized carbons (Fsp3) is 0.571. The SMILES string of the molecule is CCCCCCCCC1=C(c2ccccc2CCC(C)=O)[N+](=[N-])C(c2ccccc2CCC(C)=O)=C1CCCCCC.C[CH2][Ni][CH2]C. The molecule has 0 spiro atoms. The number of carbonyl (C=O) groups is 2. The maximum atomic E-state index is 12.2. The predicted octanol–water partition coefficient (Wildman–Crippen LogP) is 12.6. The van der Waals surface area contributed by atoms with Gasteiger partial charge in [0.2, 0.25) is 11.4 Å². The molecular formula is C42H62N2NiO2. The van der Waals surface area contributed by atoms with Crippen molar-refractivity contribution in [3.8, 4) is 0 Å². The van der Waals surface area contributed by atoms with Gasteiger partial charge in [0.1, 0.15) is 11.6 Å². The minimum atomic E-state index is 0.174. The van der Waals surface area contributed by atoms with E-state index in [4.69, 9.17) is 0 Å². The first-order valence-corrected chi connectivity index (χ1v) is 19.8. The van der Waals surface area contributed by atoms with Gasteiger partial charge in [0.05, 0.1) is 0 Å². The normalized spacial score (nSPS) is 12.9. The Bertz CT molecular complexity index is 1340. The second-order valence-corrected chi connectivity index (χ2v) is 14.5. The van der Waals surface area contributed by atoms with Crippen LogP contribution in [-0.2, 0) is 36.9 Å². The van der Waals surface area contributed by atoms with Crippen molar-refractivity contribution in [1.29, 1.82) is 0 Å². The van der Waals surface area contributed by atoms with Crippen LogP contribution in [0, 0.1) is 0 Å². The van der Waals surface area contributed by atoms with Crippen molar-refractivity contribution in [3.63, 3.8) is 0 Å². The molecule has 0 radical (unpaired) electrons. The van der Waals surface area contributed by atoms with Gasteiger partial charge in [0, 0.05) is 35.1 Å². The summed E-state index contributed by atoms with van der Waals surface area (Å²) in [4.78, 5) is 23.9. The standard InChI is InChI=1S/C38H52N2O2.2C2H5.Ni/c1-5-7-9-11-12-14-24-36-35(23-13-10-8-6-2)37(33-21-17-15-19-31(33)27-25-29(3)41)40(39)38(36)34-22-18-16-20-32(34)28-26-30(4)42;2*1-2;/h15-22H,5-14,23-28H2,1-4H3;2*1H2,2H3;. The number of carbonyl (C=O) groups excluding carboxylic acids is 2. The Kier molecular flexibility index (Phi) is 20.4. The molecule has 47 heavy (non-hydrogen) atoms. The molecule has 4 nitrogen and oxygen atoms in total. The first-order valence-electron chi connectivity index (χ1n) is 18.4. The van der Waals surface area contributed by atoms with Crippen molar-refractivity contribution in [2.24, 2.45) is 0 Å². The number of aryl methyl sites for hydroxylation is 2. The van der Waals surface area contributed by atoms with Crippen molar-refractivity contribution in [1.82, 2.24) is 0 Å². The summed E-state index contributed by atoms with van der Waals surface area (Å²) in [5.41, 5.74) is 20.6. The Labute approximate surface area is 293 Å². The number of nitrogens with zero attached hydrogens (tertiary/aromatic N) is 2. The third kappa shape index (κ3) is 13.8. The Morgan fingerprint density at radius 3 is 1.34 bits per heavy atom. The van der Waals surface area contributed by atoms with Crippen LogP contribution in [0.15, 0.2) is 59.7 Å². The summed E-state index contributed by atoms with van der Waals surface area (Å²) in [6, 6.07) is 16.5. The molecule has 0 aromatic heterocycles. The van der Waals surface area contributed by atoms with Crippen LogP contribution in [0.2, 0.25) is 10.8 Å². The van der Waals surface area contributed by atoms with Gasteiger partial charge in [-0.25, -0.2) is 4.70 Å². The zero-order chi connectivity index (χ0) is 34.4. The summed E-state index contributed by atoms with van der Waals surface area (Å²) in [7, 11) is 0. The third-order valence-corrected chi connectivity index (χ3v) is 9.76. The number of hydrogen-bond donors (Lipinski definition) is 0. The first kappa shape index (κ1) is 40.5.